The van der Waals surface area contributed by atoms with Crippen LogP contribution in [0.3, 0.4) is 0 Å². The second-order valence-electron chi connectivity index (χ2n) is 5.85. The van der Waals surface area contributed by atoms with Crippen LogP contribution < -0.4 is 0 Å². The minimum atomic E-state index is -1.40. The first-order valence-electron chi connectivity index (χ1n) is 7.22. The Balaban J connectivity index is 2.25. The van der Waals surface area contributed by atoms with E-state index in [2.05, 4.69) is 0 Å². The van der Waals surface area contributed by atoms with Crippen molar-refractivity contribution >= 4 is 17.3 Å². The van der Waals surface area contributed by atoms with Gasteiger partial charge in [0.15, 0.2) is 11.6 Å². The maximum absolute atomic E-state index is 13.0. The highest BCUT2D eigenvalue weighted by atomic mass is 16.2. The van der Waals surface area contributed by atoms with E-state index in [1.807, 2.05) is 19.1 Å². The lowest BCUT2D eigenvalue weighted by molar-refractivity contribution is -0.117. The highest BCUT2D eigenvalue weighted by Gasteiger charge is 2.54. The van der Waals surface area contributed by atoms with Gasteiger partial charge in [0.05, 0.1) is 0 Å². The Morgan fingerprint density at radius 3 is 1.86 bits per heavy atom. The zero-order chi connectivity index (χ0) is 15.9. The Morgan fingerprint density at radius 2 is 1.41 bits per heavy atom. The van der Waals surface area contributed by atoms with Gasteiger partial charge in [0, 0.05) is 17.5 Å². The first kappa shape index (κ1) is 14.4. The lowest BCUT2D eigenvalue weighted by Crippen LogP contribution is -2.40. The van der Waals surface area contributed by atoms with Gasteiger partial charge in [-0.1, -0.05) is 54.1 Å². The number of fused-ring (bicyclic) bond motifs is 1. The van der Waals surface area contributed by atoms with Gasteiger partial charge in [-0.2, -0.15) is 0 Å². The van der Waals surface area contributed by atoms with E-state index in [0.717, 1.165) is 5.56 Å². The van der Waals surface area contributed by atoms with E-state index >= 15 is 0 Å². The molecule has 0 saturated heterocycles. The molecule has 0 amide bonds. The summed E-state index contributed by atoms with van der Waals surface area (Å²) in [7, 11) is 0. The molecular weight excluding hydrogens is 276 g/mol. The number of ketones is 3. The van der Waals surface area contributed by atoms with Gasteiger partial charge in [-0.15, -0.1) is 0 Å². The molecule has 1 aliphatic rings. The Morgan fingerprint density at radius 1 is 0.909 bits per heavy atom. The molecule has 0 aliphatic heterocycles. The van der Waals surface area contributed by atoms with Gasteiger partial charge in [0.1, 0.15) is 11.2 Å². The molecule has 3 nitrogen and oxygen atoms in total. The largest absolute Gasteiger partial charge is 0.300 e. The molecule has 2 aromatic rings. The molecule has 0 fully saturated rings. The van der Waals surface area contributed by atoms with Crippen LogP contribution in [0.2, 0.25) is 0 Å². The Bertz CT molecular complexity index is 750. The summed E-state index contributed by atoms with van der Waals surface area (Å²) in [5, 5.41) is 0. The summed E-state index contributed by atoms with van der Waals surface area (Å²) in [5.74, 6) is -0.714. The standard InChI is InChI=1S/C19H16O3/c1-12-7-9-14(10-8-12)19(11-13(2)20)17(21)15-5-3-4-6-16(15)18(19)22/h3-10H,11H2,1-2H3. The second kappa shape index (κ2) is 5.02. The fraction of sp³-hybridized carbons (Fsp3) is 0.211. The number of rotatable bonds is 3. The van der Waals surface area contributed by atoms with E-state index in [1.165, 1.54) is 6.92 Å². The zero-order valence-corrected chi connectivity index (χ0v) is 12.6. The van der Waals surface area contributed by atoms with Crippen molar-refractivity contribution < 1.29 is 14.4 Å². The van der Waals surface area contributed by atoms with Gasteiger partial charge < -0.3 is 0 Å². The van der Waals surface area contributed by atoms with Gasteiger partial charge in [-0.05, 0) is 19.4 Å². The Hall–Kier alpha value is -2.55. The van der Waals surface area contributed by atoms with E-state index in [9.17, 15) is 14.4 Å². The van der Waals surface area contributed by atoms with Crippen LogP contribution in [0.4, 0.5) is 0 Å². The van der Waals surface area contributed by atoms with Gasteiger partial charge in [-0.25, -0.2) is 0 Å². The number of carbonyl (C=O) groups excluding carboxylic acids is 3. The van der Waals surface area contributed by atoms with E-state index in [0.29, 0.717) is 16.7 Å². The van der Waals surface area contributed by atoms with Gasteiger partial charge in [-0.3, -0.25) is 14.4 Å². The molecule has 2 aromatic carbocycles. The maximum Gasteiger partial charge on any atom is 0.182 e. The Kier molecular flexibility index (Phi) is 3.28. The van der Waals surface area contributed by atoms with Crippen LogP contribution >= 0.6 is 0 Å². The van der Waals surface area contributed by atoms with E-state index in [-0.39, 0.29) is 23.8 Å². The van der Waals surface area contributed by atoms with E-state index < -0.39 is 5.41 Å². The summed E-state index contributed by atoms with van der Waals surface area (Å²) in [6.45, 7) is 3.36. The number of benzene rings is 2. The monoisotopic (exact) mass is 292 g/mol. The zero-order valence-electron chi connectivity index (χ0n) is 12.6. The van der Waals surface area contributed by atoms with Crippen LogP contribution in [-0.2, 0) is 10.2 Å². The molecule has 3 rings (SSSR count). The number of Topliss-reactive ketones (excluding diaryl/α,β-unsaturated/α-hetero) is 3. The summed E-state index contributed by atoms with van der Waals surface area (Å²) in [4.78, 5) is 37.7. The normalized spacial score (nSPS) is 15.7. The molecule has 0 radical (unpaired) electrons. The van der Waals surface area contributed by atoms with Crippen LogP contribution in [0, 0.1) is 6.92 Å². The van der Waals surface area contributed by atoms with Crippen LogP contribution in [0.15, 0.2) is 48.5 Å². The third-order valence-corrected chi connectivity index (χ3v) is 4.25. The quantitative estimate of drug-likeness (QED) is 0.816. The van der Waals surface area contributed by atoms with E-state index in [1.54, 1.807) is 36.4 Å². The van der Waals surface area contributed by atoms with Crippen LogP contribution in [0.5, 0.6) is 0 Å². The average Bonchev–Trinajstić information content (AvgIpc) is 2.71. The van der Waals surface area contributed by atoms with Gasteiger partial charge in [0.25, 0.3) is 0 Å². The lowest BCUT2D eigenvalue weighted by Gasteiger charge is -2.25. The molecule has 0 saturated carbocycles. The highest BCUT2D eigenvalue weighted by molar-refractivity contribution is 6.34. The van der Waals surface area contributed by atoms with Crippen molar-refractivity contribution in [2.75, 3.05) is 0 Å². The molecule has 22 heavy (non-hydrogen) atoms. The van der Waals surface area contributed by atoms with Crippen molar-refractivity contribution in [3.05, 3.63) is 70.8 Å². The molecule has 1 aliphatic carbocycles. The van der Waals surface area contributed by atoms with Crippen LogP contribution in [0.1, 0.15) is 45.2 Å². The number of carbonyl (C=O) groups is 3. The van der Waals surface area contributed by atoms with Crippen molar-refractivity contribution in [1.82, 2.24) is 0 Å². The summed E-state index contributed by atoms with van der Waals surface area (Å²) in [5.41, 5.74) is 1.06. The third-order valence-electron chi connectivity index (χ3n) is 4.25. The lowest BCUT2D eigenvalue weighted by atomic mass is 9.72. The number of aryl methyl sites for hydroxylation is 1. The fourth-order valence-corrected chi connectivity index (χ4v) is 3.18. The maximum atomic E-state index is 13.0. The SMILES string of the molecule is CC(=O)CC1(c2ccc(C)cc2)C(=O)c2ccccc2C1=O. The van der Waals surface area contributed by atoms with Crippen molar-refractivity contribution in [2.24, 2.45) is 0 Å². The van der Waals surface area contributed by atoms with Gasteiger partial charge >= 0.3 is 0 Å². The first-order valence-corrected chi connectivity index (χ1v) is 7.22. The number of hydrogen-bond donors (Lipinski definition) is 0. The van der Waals surface area contributed by atoms with Crippen molar-refractivity contribution in [2.45, 2.75) is 25.7 Å². The van der Waals surface area contributed by atoms with Crippen molar-refractivity contribution in [3.63, 3.8) is 0 Å². The molecule has 110 valence electrons. The van der Waals surface area contributed by atoms with Crippen molar-refractivity contribution in [3.8, 4) is 0 Å². The summed E-state index contributed by atoms with van der Waals surface area (Å²) >= 11 is 0. The average molecular weight is 292 g/mol. The van der Waals surface area contributed by atoms with Gasteiger partial charge in [0.2, 0.25) is 0 Å². The molecule has 0 N–H and O–H groups in total. The predicted octanol–water partition coefficient (Wildman–Crippen LogP) is 3.29. The third kappa shape index (κ3) is 1.93. The topological polar surface area (TPSA) is 51.2 Å². The Labute approximate surface area is 129 Å². The number of hydrogen-bond acceptors (Lipinski definition) is 3. The molecule has 3 heteroatoms. The molecule has 0 heterocycles. The minimum absolute atomic E-state index is 0.0948. The first-order chi connectivity index (χ1) is 10.5. The molecule has 0 unspecified atom stereocenters. The molecule has 0 atom stereocenters. The highest BCUT2D eigenvalue weighted by Crippen LogP contribution is 2.42. The fourth-order valence-electron chi connectivity index (χ4n) is 3.18. The molecule has 0 aromatic heterocycles. The van der Waals surface area contributed by atoms with E-state index in [4.69, 9.17) is 0 Å². The molecule has 0 spiro atoms. The molecule has 0 bridgehead atoms. The van der Waals surface area contributed by atoms with Crippen molar-refractivity contribution in [1.29, 1.82) is 0 Å². The second-order valence-corrected chi connectivity index (χ2v) is 5.85. The van der Waals surface area contributed by atoms with Crippen LogP contribution in [0.25, 0.3) is 0 Å². The summed E-state index contributed by atoms with van der Waals surface area (Å²) in [6, 6.07) is 14.1. The predicted molar refractivity (Wildman–Crippen MR) is 83.3 cm³/mol. The summed E-state index contributed by atoms with van der Waals surface area (Å²) < 4.78 is 0. The summed E-state index contributed by atoms with van der Waals surface area (Å²) in [6.07, 6.45) is -0.0948. The van der Waals surface area contributed by atoms with Crippen LogP contribution in [-0.4, -0.2) is 17.3 Å². The minimum Gasteiger partial charge on any atom is -0.300 e. The smallest absolute Gasteiger partial charge is 0.182 e. The molecular formula is C19H16O3.